The number of ether oxygens (including phenoxy) is 2. The Morgan fingerprint density at radius 2 is 1.74 bits per heavy atom. The number of nitrogens with one attached hydrogen (secondary N) is 3. The number of anilines is 1. The van der Waals surface area contributed by atoms with Crippen molar-refractivity contribution in [2.75, 3.05) is 25.6 Å². The number of carbonyl (C=O) groups is 3. The van der Waals surface area contributed by atoms with Gasteiger partial charge in [-0.3, -0.25) is 19.6 Å². The highest BCUT2D eigenvalue weighted by molar-refractivity contribution is 6.30. The first-order valence-electron chi connectivity index (χ1n) is 23.6. The van der Waals surface area contributed by atoms with Crippen molar-refractivity contribution in [1.29, 1.82) is 0 Å². The second kappa shape index (κ2) is 20.3. The smallest absolute Gasteiger partial charge is 0.329 e. The van der Waals surface area contributed by atoms with E-state index in [1.54, 1.807) is 31.4 Å². The van der Waals surface area contributed by atoms with Crippen LogP contribution in [-0.2, 0) is 27.8 Å². The molecule has 1 fully saturated rings. The van der Waals surface area contributed by atoms with Crippen molar-refractivity contribution in [2.45, 2.75) is 114 Å². The molecule has 3 aliphatic rings. The van der Waals surface area contributed by atoms with Gasteiger partial charge < -0.3 is 30.5 Å². The molecule has 2 heterocycles. The highest BCUT2D eigenvalue weighted by Gasteiger charge is 2.54. The van der Waals surface area contributed by atoms with E-state index in [0.29, 0.717) is 80.0 Å². The molecule has 0 bridgehead atoms. The largest absolute Gasteiger partial charge is 0.494 e. The van der Waals surface area contributed by atoms with Crippen LogP contribution >= 0.6 is 11.6 Å². The van der Waals surface area contributed by atoms with Gasteiger partial charge in [0.25, 0.3) is 5.91 Å². The Balaban J connectivity index is 0.921. The van der Waals surface area contributed by atoms with Crippen LogP contribution in [0.5, 0.6) is 11.5 Å². The SMILES string of the molecule is CNC(=O)c1ccc(-c2cccc([C@H](C)NC(=O)CCCOc3ccc4c(c3)C3(CCC(Nc5cccc(Cl)c5)(C(=O)O)CC3)[C@@H](C[C@@H](C)COc3ccnc5c3[C@H](C)CCC5)C4)c2)cn1. The molecule has 8 rings (SSSR count). The monoisotopic (exact) mass is 911 g/mol. The molecule has 4 atom stereocenters. The van der Waals surface area contributed by atoms with Gasteiger partial charge in [-0.1, -0.05) is 61.8 Å². The molecule has 2 amide bonds. The van der Waals surface area contributed by atoms with E-state index in [1.807, 2.05) is 67.7 Å². The average molecular weight is 913 g/mol. The van der Waals surface area contributed by atoms with Gasteiger partial charge in [0, 0.05) is 53.4 Å². The van der Waals surface area contributed by atoms with Crippen LogP contribution in [-0.4, -0.2) is 58.7 Å². The number of nitrogens with zero attached hydrogens (tertiary/aromatic N) is 2. The lowest BCUT2D eigenvalue weighted by atomic mass is 9.59. The van der Waals surface area contributed by atoms with Gasteiger partial charge in [0.2, 0.25) is 5.91 Å². The van der Waals surface area contributed by atoms with Crippen molar-refractivity contribution in [3.63, 3.8) is 0 Å². The van der Waals surface area contributed by atoms with Crippen molar-refractivity contribution in [3.8, 4) is 22.6 Å². The van der Waals surface area contributed by atoms with E-state index >= 15 is 0 Å². The zero-order valence-electron chi connectivity index (χ0n) is 38.5. The van der Waals surface area contributed by atoms with Crippen LogP contribution in [0.25, 0.3) is 11.1 Å². The zero-order chi connectivity index (χ0) is 46.4. The number of benzene rings is 3. The first-order chi connectivity index (χ1) is 31.9. The molecule has 3 aliphatic carbocycles. The lowest BCUT2D eigenvalue weighted by molar-refractivity contribution is -0.144. The van der Waals surface area contributed by atoms with Crippen LogP contribution < -0.4 is 25.4 Å². The zero-order valence-corrected chi connectivity index (χ0v) is 39.3. The Morgan fingerprint density at radius 1 is 0.924 bits per heavy atom. The van der Waals surface area contributed by atoms with Gasteiger partial charge in [-0.2, -0.15) is 0 Å². The third-order valence-corrected chi connectivity index (χ3v) is 14.6. The molecular weight excluding hydrogens is 850 g/mol. The van der Waals surface area contributed by atoms with Gasteiger partial charge in [0.15, 0.2) is 0 Å². The van der Waals surface area contributed by atoms with E-state index < -0.39 is 11.5 Å². The quantitative estimate of drug-likeness (QED) is 0.0668. The minimum Gasteiger partial charge on any atom is -0.494 e. The van der Waals surface area contributed by atoms with Crippen molar-refractivity contribution in [2.24, 2.45) is 11.8 Å². The van der Waals surface area contributed by atoms with Crippen molar-refractivity contribution in [3.05, 3.63) is 136 Å². The number of amides is 2. The number of aryl methyl sites for hydroxylation is 1. The Hall–Kier alpha value is -5.94. The van der Waals surface area contributed by atoms with E-state index in [-0.39, 0.29) is 29.2 Å². The number of rotatable bonds is 17. The Morgan fingerprint density at radius 3 is 2.50 bits per heavy atom. The number of halogens is 1. The second-order valence-electron chi connectivity index (χ2n) is 18.9. The second-order valence-corrected chi connectivity index (χ2v) is 19.3. The molecule has 0 radical (unpaired) electrons. The minimum absolute atomic E-state index is 0.0595. The Bertz CT molecular complexity index is 2540. The lowest BCUT2D eigenvalue weighted by Gasteiger charge is -2.47. The summed E-state index contributed by atoms with van der Waals surface area (Å²) in [5.41, 5.74) is 7.45. The van der Waals surface area contributed by atoms with Crippen LogP contribution in [0.3, 0.4) is 0 Å². The van der Waals surface area contributed by atoms with Gasteiger partial charge in [0.05, 0.1) is 19.3 Å². The summed E-state index contributed by atoms with van der Waals surface area (Å²) in [6.45, 7) is 7.49. The molecule has 12 heteroatoms. The number of carbonyl (C=O) groups excluding carboxylic acids is 2. The molecule has 66 heavy (non-hydrogen) atoms. The normalized spacial score (nSPS) is 21.8. The summed E-state index contributed by atoms with van der Waals surface area (Å²) in [7, 11) is 1.58. The molecule has 0 aliphatic heterocycles. The summed E-state index contributed by atoms with van der Waals surface area (Å²) in [5, 5.41) is 20.4. The number of carboxylic acids is 1. The summed E-state index contributed by atoms with van der Waals surface area (Å²) < 4.78 is 13.0. The minimum atomic E-state index is -1.12. The van der Waals surface area contributed by atoms with Crippen LogP contribution in [0.1, 0.15) is 129 Å². The maximum Gasteiger partial charge on any atom is 0.329 e. The summed E-state index contributed by atoms with van der Waals surface area (Å²) in [6, 6.07) is 27.0. The number of fused-ring (bicyclic) bond motifs is 3. The van der Waals surface area contributed by atoms with Crippen molar-refractivity contribution in [1.82, 2.24) is 20.6 Å². The standard InChI is InChI=1S/C54H62ClN5O6/c1-34(33-66-48-20-25-57-46-14-5-9-35(2)50(46)48)27-41-29-39-16-18-44(31-45(39)53(41)21-23-54(24-22-53,52(63)64)60-43-13-7-12-42(55)30-43)65-26-8-15-49(61)59-36(3)37-10-6-11-38(28-37)40-17-19-47(58-32-40)51(62)56-4/h6-7,10-13,16-20,25,28,30-32,34-36,41,60H,5,8-9,14-15,21-24,26-27,29,33H2,1-4H3,(H,56,62)(H,59,61)(H,63,64)/t34-,35-,36+,41+,53?,54?/m1/s1. The molecule has 0 saturated heterocycles. The molecule has 4 N–H and O–H groups in total. The van der Waals surface area contributed by atoms with Crippen LogP contribution in [0.4, 0.5) is 5.69 Å². The fraction of sp³-hybridized carbons (Fsp3) is 0.426. The van der Waals surface area contributed by atoms with Gasteiger partial charge in [-0.15, -0.1) is 0 Å². The maximum atomic E-state index is 13.2. The predicted molar refractivity (Wildman–Crippen MR) is 258 cm³/mol. The number of aromatic nitrogens is 2. The lowest BCUT2D eigenvalue weighted by Crippen LogP contribution is -2.53. The first kappa shape index (κ1) is 46.6. The Kier molecular flexibility index (Phi) is 14.3. The van der Waals surface area contributed by atoms with E-state index in [2.05, 4.69) is 51.9 Å². The molecular formula is C54H62ClN5O6. The average Bonchev–Trinajstić information content (AvgIpc) is 3.60. The summed E-state index contributed by atoms with van der Waals surface area (Å²) >= 11 is 6.33. The predicted octanol–water partition coefficient (Wildman–Crippen LogP) is 10.7. The third kappa shape index (κ3) is 10.2. The van der Waals surface area contributed by atoms with E-state index in [0.717, 1.165) is 66.0 Å². The van der Waals surface area contributed by atoms with Crippen LogP contribution in [0.15, 0.2) is 97.3 Å². The van der Waals surface area contributed by atoms with Crippen molar-refractivity contribution >= 4 is 35.1 Å². The maximum absolute atomic E-state index is 13.2. The number of carboxylic acid groups (broad SMARTS) is 1. The molecule has 346 valence electrons. The van der Waals surface area contributed by atoms with Gasteiger partial charge in [-0.05, 0) is 165 Å². The topological polar surface area (TPSA) is 152 Å². The van der Waals surface area contributed by atoms with Gasteiger partial charge in [-0.25, -0.2) is 4.79 Å². The third-order valence-electron chi connectivity index (χ3n) is 14.4. The summed E-state index contributed by atoms with van der Waals surface area (Å²) in [4.78, 5) is 47.2. The van der Waals surface area contributed by atoms with Crippen molar-refractivity contribution < 1.29 is 29.0 Å². The van der Waals surface area contributed by atoms with Gasteiger partial charge >= 0.3 is 5.97 Å². The molecule has 5 aromatic rings. The van der Waals surface area contributed by atoms with Gasteiger partial charge in [0.1, 0.15) is 22.7 Å². The van der Waals surface area contributed by atoms with E-state index in [1.165, 1.54) is 16.7 Å². The fourth-order valence-corrected chi connectivity index (χ4v) is 11.0. The number of pyridine rings is 2. The van der Waals surface area contributed by atoms with E-state index in [4.69, 9.17) is 21.1 Å². The first-order valence-corrected chi connectivity index (χ1v) is 24.0. The summed E-state index contributed by atoms with van der Waals surface area (Å²) in [5.74, 6) is 1.56. The molecule has 11 nitrogen and oxygen atoms in total. The molecule has 1 spiro atoms. The molecule has 0 unspecified atom stereocenters. The van der Waals surface area contributed by atoms with E-state index in [9.17, 15) is 19.5 Å². The fourth-order valence-electron chi connectivity index (χ4n) is 10.8. The molecule has 3 aromatic carbocycles. The highest BCUT2D eigenvalue weighted by Crippen LogP contribution is 2.57. The number of hydrogen-bond acceptors (Lipinski definition) is 8. The Labute approximate surface area is 393 Å². The molecule has 2 aromatic heterocycles. The van der Waals surface area contributed by atoms with Crippen LogP contribution in [0.2, 0.25) is 5.02 Å². The number of aliphatic carboxylic acids is 1. The summed E-state index contributed by atoms with van der Waals surface area (Å²) in [6.07, 6.45) is 11.9. The molecule has 1 saturated carbocycles. The number of hydrogen-bond donors (Lipinski definition) is 4. The highest BCUT2D eigenvalue weighted by atomic mass is 35.5. The van der Waals surface area contributed by atoms with Crippen LogP contribution in [0, 0.1) is 11.8 Å².